The average Bonchev–Trinajstić information content (AvgIpc) is 3.18. The second-order valence-electron chi connectivity index (χ2n) is 4.56. The lowest BCUT2D eigenvalue weighted by atomic mass is 10.1. The first-order valence-electron chi connectivity index (χ1n) is 6.10. The van der Waals surface area contributed by atoms with Gasteiger partial charge in [-0.15, -0.1) is 0 Å². The van der Waals surface area contributed by atoms with Crippen LogP contribution < -0.4 is 10.1 Å². The van der Waals surface area contributed by atoms with Crippen molar-refractivity contribution < 1.29 is 4.74 Å². The van der Waals surface area contributed by atoms with Crippen molar-refractivity contribution in [2.45, 2.75) is 32.4 Å². The summed E-state index contributed by atoms with van der Waals surface area (Å²) < 4.78 is 5.75. The summed E-state index contributed by atoms with van der Waals surface area (Å²) in [6, 6.07) is 6.85. The third-order valence-electron chi connectivity index (χ3n) is 2.92. The molecule has 98 valence electrons. The quantitative estimate of drug-likeness (QED) is 0.855. The molecule has 2 nitrogen and oxygen atoms in total. The smallest absolute Gasteiger partial charge is 0.127 e. The number of halogens is 2. The first-order valence-corrected chi connectivity index (χ1v) is 6.91. The van der Waals surface area contributed by atoms with E-state index in [9.17, 15) is 0 Å². The van der Waals surface area contributed by atoms with Crippen LogP contribution in [-0.2, 0) is 6.54 Å². The van der Waals surface area contributed by atoms with Gasteiger partial charge in [0.1, 0.15) is 12.4 Å². The molecule has 0 spiro atoms. The van der Waals surface area contributed by atoms with Crippen molar-refractivity contribution >= 4 is 23.2 Å². The molecule has 0 aliphatic heterocycles. The molecule has 0 bridgehead atoms. The molecule has 0 amide bonds. The fourth-order valence-corrected chi connectivity index (χ4v) is 1.89. The Morgan fingerprint density at radius 2 is 2.28 bits per heavy atom. The third-order valence-corrected chi connectivity index (χ3v) is 3.52. The van der Waals surface area contributed by atoms with Crippen LogP contribution in [0.25, 0.3) is 0 Å². The monoisotopic (exact) mass is 285 g/mol. The molecule has 1 saturated carbocycles. The van der Waals surface area contributed by atoms with Crippen LogP contribution in [0.5, 0.6) is 5.75 Å². The molecular formula is C14H17Cl2NO. The lowest BCUT2D eigenvalue weighted by Gasteiger charge is -2.14. The van der Waals surface area contributed by atoms with E-state index in [4.69, 9.17) is 27.9 Å². The highest BCUT2D eigenvalue weighted by Gasteiger charge is 2.20. The van der Waals surface area contributed by atoms with Gasteiger partial charge in [-0.1, -0.05) is 41.4 Å². The van der Waals surface area contributed by atoms with Gasteiger partial charge < -0.3 is 10.1 Å². The van der Waals surface area contributed by atoms with Crippen LogP contribution in [0.3, 0.4) is 0 Å². The number of rotatable bonds is 6. The van der Waals surface area contributed by atoms with Gasteiger partial charge in [-0.2, -0.15) is 0 Å². The summed E-state index contributed by atoms with van der Waals surface area (Å²) >= 11 is 11.4. The minimum absolute atomic E-state index is 0.312. The Morgan fingerprint density at radius 3 is 2.94 bits per heavy atom. The Hall–Kier alpha value is -0.700. The number of nitrogens with one attached hydrogen (secondary N) is 1. The van der Waals surface area contributed by atoms with E-state index in [1.54, 1.807) is 0 Å². The number of aryl methyl sites for hydroxylation is 1. The summed E-state index contributed by atoms with van der Waals surface area (Å²) in [4.78, 5) is 0. The van der Waals surface area contributed by atoms with E-state index >= 15 is 0 Å². The minimum atomic E-state index is 0.312. The van der Waals surface area contributed by atoms with Crippen molar-refractivity contribution in [2.24, 2.45) is 0 Å². The van der Waals surface area contributed by atoms with Gasteiger partial charge in [-0.25, -0.2) is 0 Å². The van der Waals surface area contributed by atoms with Crippen LogP contribution in [0, 0.1) is 6.92 Å². The summed E-state index contributed by atoms with van der Waals surface area (Å²) in [7, 11) is 0. The number of para-hydroxylation sites is 1. The second kappa shape index (κ2) is 6.46. The van der Waals surface area contributed by atoms with Gasteiger partial charge in [0, 0.05) is 23.7 Å². The van der Waals surface area contributed by atoms with Crippen molar-refractivity contribution in [3.8, 4) is 5.75 Å². The third kappa shape index (κ3) is 3.91. The van der Waals surface area contributed by atoms with E-state index in [-0.39, 0.29) is 0 Å². The van der Waals surface area contributed by atoms with Gasteiger partial charge in [-0.3, -0.25) is 0 Å². The molecule has 4 heteroatoms. The molecule has 0 radical (unpaired) electrons. The molecule has 1 N–H and O–H groups in total. The fourth-order valence-electron chi connectivity index (χ4n) is 1.77. The summed E-state index contributed by atoms with van der Waals surface area (Å²) in [5.74, 6) is 0.905. The van der Waals surface area contributed by atoms with Crippen molar-refractivity contribution in [2.75, 3.05) is 6.61 Å². The molecule has 1 aliphatic rings. The maximum atomic E-state index is 5.85. The molecule has 1 aliphatic carbocycles. The Bertz CT molecular complexity index is 441. The van der Waals surface area contributed by atoms with Gasteiger partial charge >= 0.3 is 0 Å². The molecule has 18 heavy (non-hydrogen) atoms. The van der Waals surface area contributed by atoms with Crippen molar-refractivity contribution in [3.05, 3.63) is 39.9 Å². The van der Waals surface area contributed by atoms with Crippen LogP contribution in [0.1, 0.15) is 24.0 Å². The predicted octanol–water partition coefficient (Wildman–Crippen LogP) is 3.94. The second-order valence-corrected chi connectivity index (χ2v) is 5.27. The van der Waals surface area contributed by atoms with E-state index in [2.05, 4.69) is 11.4 Å². The lowest BCUT2D eigenvalue weighted by molar-refractivity contribution is 0.351. The summed E-state index contributed by atoms with van der Waals surface area (Å²) in [6.07, 6.45) is 2.56. The maximum Gasteiger partial charge on any atom is 0.127 e. The van der Waals surface area contributed by atoms with Gasteiger partial charge in [0.05, 0.1) is 5.03 Å². The van der Waals surface area contributed by atoms with Crippen molar-refractivity contribution in [1.82, 2.24) is 5.32 Å². The maximum absolute atomic E-state index is 5.85. The van der Waals surface area contributed by atoms with Crippen LogP contribution in [0.15, 0.2) is 28.8 Å². The van der Waals surface area contributed by atoms with E-state index in [1.807, 2.05) is 19.1 Å². The lowest BCUT2D eigenvalue weighted by Crippen LogP contribution is -2.16. The van der Waals surface area contributed by atoms with Crippen molar-refractivity contribution in [1.29, 1.82) is 0 Å². The zero-order valence-electron chi connectivity index (χ0n) is 10.4. The minimum Gasteiger partial charge on any atom is -0.487 e. The molecule has 0 atom stereocenters. The van der Waals surface area contributed by atoms with E-state index in [0.29, 0.717) is 17.7 Å². The van der Waals surface area contributed by atoms with Gasteiger partial charge in [-0.05, 0) is 25.3 Å². The molecule has 1 aromatic carbocycles. The normalized spacial score (nSPS) is 15.8. The zero-order valence-corrected chi connectivity index (χ0v) is 11.9. The molecule has 0 saturated heterocycles. The standard InChI is InChI=1S/C14H17Cl2NO/c1-10-3-2-4-11(8-17-13-5-6-13)14(10)18-9-12(16)7-15/h2-4,7,13,17H,5-6,8-9H2,1H3/b12-7-. The van der Waals surface area contributed by atoms with E-state index in [1.165, 1.54) is 23.9 Å². The molecule has 0 heterocycles. The molecule has 2 rings (SSSR count). The average molecular weight is 286 g/mol. The summed E-state index contributed by atoms with van der Waals surface area (Å²) in [5.41, 5.74) is 3.62. The van der Waals surface area contributed by atoms with E-state index in [0.717, 1.165) is 17.9 Å². The van der Waals surface area contributed by atoms with Crippen molar-refractivity contribution in [3.63, 3.8) is 0 Å². The predicted molar refractivity (Wildman–Crippen MR) is 76.3 cm³/mol. The Kier molecular flexibility index (Phi) is 4.93. The fraction of sp³-hybridized carbons (Fsp3) is 0.429. The van der Waals surface area contributed by atoms with Crippen LogP contribution in [-0.4, -0.2) is 12.6 Å². The highest BCUT2D eigenvalue weighted by atomic mass is 35.5. The number of hydrogen-bond donors (Lipinski definition) is 1. The van der Waals surface area contributed by atoms with Crippen LogP contribution >= 0.6 is 23.2 Å². The largest absolute Gasteiger partial charge is 0.487 e. The summed E-state index contributed by atoms with van der Waals surface area (Å²) in [6.45, 7) is 3.19. The summed E-state index contributed by atoms with van der Waals surface area (Å²) in [5, 5.41) is 3.99. The SMILES string of the molecule is Cc1cccc(CNC2CC2)c1OC/C(Cl)=C/Cl. The molecule has 0 aromatic heterocycles. The van der Waals surface area contributed by atoms with Crippen LogP contribution in [0.4, 0.5) is 0 Å². The first kappa shape index (κ1) is 13.7. The number of hydrogen-bond acceptors (Lipinski definition) is 2. The van der Waals surface area contributed by atoms with Gasteiger partial charge in [0.2, 0.25) is 0 Å². The Labute approximate surface area is 118 Å². The Morgan fingerprint density at radius 1 is 1.50 bits per heavy atom. The highest BCUT2D eigenvalue weighted by molar-refractivity contribution is 6.36. The number of benzene rings is 1. The highest BCUT2D eigenvalue weighted by Crippen LogP contribution is 2.26. The molecular weight excluding hydrogens is 269 g/mol. The Balaban J connectivity index is 2.04. The van der Waals surface area contributed by atoms with E-state index < -0.39 is 0 Å². The molecule has 0 unspecified atom stereocenters. The molecule has 1 aromatic rings. The molecule has 1 fully saturated rings. The van der Waals surface area contributed by atoms with Gasteiger partial charge in [0.15, 0.2) is 0 Å². The number of ether oxygens (including phenoxy) is 1. The zero-order chi connectivity index (χ0) is 13.0. The van der Waals surface area contributed by atoms with Gasteiger partial charge in [0.25, 0.3) is 0 Å². The van der Waals surface area contributed by atoms with Crippen LogP contribution in [0.2, 0.25) is 0 Å². The topological polar surface area (TPSA) is 21.3 Å². The first-order chi connectivity index (χ1) is 8.70.